The number of carbonyl (C=O) groups is 1. The molecule has 6 heteroatoms. The lowest BCUT2D eigenvalue weighted by Gasteiger charge is -2.40. The number of aliphatic hydroxyl groups excluding tert-OH is 1. The number of pyridine rings is 1. The first-order valence-corrected chi connectivity index (χ1v) is 9.74. The molecule has 1 fully saturated rings. The zero-order chi connectivity index (χ0) is 20.7. The summed E-state index contributed by atoms with van der Waals surface area (Å²) in [5, 5.41) is 8.92. The molecule has 2 heterocycles. The smallest absolute Gasteiger partial charge is 0.410 e. The molecule has 0 radical (unpaired) electrons. The fraction of sp³-hybridized carbons (Fsp3) is 0.545. The lowest BCUT2D eigenvalue weighted by atomic mass is 10.0. The van der Waals surface area contributed by atoms with Crippen LogP contribution in [0.1, 0.15) is 52.5 Å². The van der Waals surface area contributed by atoms with Crippen LogP contribution in [0.2, 0.25) is 0 Å². The van der Waals surface area contributed by atoms with Gasteiger partial charge in [-0.25, -0.2) is 4.79 Å². The van der Waals surface area contributed by atoms with Gasteiger partial charge >= 0.3 is 6.09 Å². The van der Waals surface area contributed by atoms with Gasteiger partial charge in [0.1, 0.15) is 18.0 Å². The van der Waals surface area contributed by atoms with Crippen molar-refractivity contribution >= 4 is 11.7 Å². The van der Waals surface area contributed by atoms with Gasteiger partial charge in [0.25, 0.3) is 0 Å². The Morgan fingerprint density at radius 3 is 2.79 bits per heavy atom. The lowest BCUT2D eigenvalue weighted by molar-refractivity contribution is -0.0141. The predicted molar refractivity (Wildman–Crippen MR) is 110 cm³/mol. The standard InChI is InChI=1S/C22H32N2O4/c1-16(7-6-10-25)11-17(2)18-12-20(14-23-13-18)27-15-19-8-9-24(19)21(26)28-22(3,4)5/h11-14,19,25H,1,6-10,15H2,2-5H3/b17-11+. The Balaban J connectivity index is 1.92. The van der Waals surface area contributed by atoms with Crippen molar-refractivity contribution in [3.05, 3.63) is 42.3 Å². The third kappa shape index (κ3) is 6.68. The average Bonchev–Trinajstić information content (AvgIpc) is 2.57. The van der Waals surface area contributed by atoms with Crippen LogP contribution < -0.4 is 4.74 Å². The number of hydrogen-bond donors (Lipinski definition) is 1. The Kier molecular flexibility index (Phi) is 7.63. The lowest BCUT2D eigenvalue weighted by Crippen LogP contribution is -2.55. The second kappa shape index (κ2) is 9.73. The molecule has 0 saturated carbocycles. The van der Waals surface area contributed by atoms with E-state index in [1.165, 1.54) is 0 Å². The Labute approximate surface area is 167 Å². The second-order valence-corrected chi connectivity index (χ2v) is 8.15. The molecule has 1 N–H and O–H groups in total. The molecule has 0 spiro atoms. The minimum absolute atomic E-state index is 0.0217. The molecule has 0 bridgehead atoms. The Morgan fingerprint density at radius 1 is 1.43 bits per heavy atom. The number of nitrogens with zero attached hydrogens (tertiary/aromatic N) is 2. The molecule has 1 aromatic heterocycles. The van der Waals surface area contributed by atoms with Crippen molar-refractivity contribution in [3.8, 4) is 5.75 Å². The Bertz CT molecular complexity index is 721. The fourth-order valence-electron chi connectivity index (χ4n) is 2.85. The average molecular weight is 389 g/mol. The molecule has 154 valence electrons. The molecule has 1 atom stereocenters. The van der Waals surface area contributed by atoms with Crippen LogP contribution in [0.5, 0.6) is 5.75 Å². The summed E-state index contributed by atoms with van der Waals surface area (Å²) in [6.07, 6.45) is 7.55. The molecule has 1 saturated heterocycles. The van der Waals surface area contributed by atoms with E-state index in [0.717, 1.165) is 29.6 Å². The molecular weight excluding hydrogens is 356 g/mol. The van der Waals surface area contributed by atoms with Crippen molar-refractivity contribution in [2.24, 2.45) is 0 Å². The molecule has 6 nitrogen and oxygen atoms in total. The zero-order valence-corrected chi connectivity index (χ0v) is 17.4. The summed E-state index contributed by atoms with van der Waals surface area (Å²) in [5.41, 5.74) is 2.47. The van der Waals surface area contributed by atoms with Crippen LogP contribution in [0, 0.1) is 0 Å². The van der Waals surface area contributed by atoms with E-state index < -0.39 is 5.60 Å². The monoisotopic (exact) mass is 388 g/mol. The quantitative estimate of drug-likeness (QED) is 0.676. The van der Waals surface area contributed by atoms with Crippen LogP contribution in [0.4, 0.5) is 4.79 Å². The highest BCUT2D eigenvalue weighted by Crippen LogP contribution is 2.24. The zero-order valence-electron chi connectivity index (χ0n) is 17.4. The van der Waals surface area contributed by atoms with Gasteiger partial charge in [0.05, 0.1) is 12.2 Å². The van der Waals surface area contributed by atoms with Crippen LogP contribution in [-0.4, -0.2) is 52.5 Å². The maximum Gasteiger partial charge on any atom is 0.410 e. The van der Waals surface area contributed by atoms with E-state index in [4.69, 9.17) is 14.6 Å². The molecule has 1 aromatic rings. The molecule has 1 amide bonds. The first-order chi connectivity index (χ1) is 13.2. The molecule has 1 unspecified atom stereocenters. The summed E-state index contributed by atoms with van der Waals surface area (Å²) in [6, 6.07) is 1.96. The van der Waals surface area contributed by atoms with Crippen molar-refractivity contribution in [1.82, 2.24) is 9.88 Å². The summed E-state index contributed by atoms with van der Waals surface area (Å²) < 4.78 is 11.3. The van der Waals surface area contributed by atoms with Crippen molar-refractivity contribution < 1.29 is 19.4 Å². The number of rotatable bonds is 8. The number of allylic oxidation sites excluding steroid dienone is 3. The molecule has 28 heavy (non-hydrogen) atoms. The number of ether oxygens (including phenoxy) is 2. The number of hydrogen-bond acceptors (Lipinski definition) is 5. The van der Waals surface area contributed by atoms with Gasteiger partial charge in [0.15, 0.2) is 0 Å². The van der Waals surface area contributed by atoms with E-state index in [9.17, 15) is 4.79 Å². The Hall–Kier alpha value is -2.34. The molecule has 0 aliphatic carbocycles. The molecule has 2 rings (SSSR count). The molecular formula is C22H32N2O4. The Morgan fingerprint density at radius 2 is 2.18 bits per heavy atom. The van der Waals surface area contributed by atoms with Crippen LogP contribution in [-0.2, 0) is 4.74 Å². The summed E-state index contributed by atoms with van der Waals surface area (Å²) in [6.45, 7) is 12.9. The van der Waals surface area contributed by atoms with Gasteiger partial charge in [0.2, 0.25) is 0 Å². The van der Waals surface area contributed by atoms with Crippen LogP contribution in [0.15, 0.2) is 36.7 Å². The minimum Gasteiger partial charge on any atom is -0.490 e. The number of likely N-dealkylation sites (tertiary alicyclic amines) is 1. The van der Waals surface area contributed by atoms with Gasteiger partial charge in [-0.05, 0) is 64.2 Å². The van der Waals surface area contributed by atoms with E-state index in [1.54, 1.807) is 17.3 Å². The minimum atomic E-state index is -0.499. The van der Waals surface area contributed by atoms with Gasteiger partial charge in [-0.2, -0.15) is 0 Å². The summed E-state index contributed by atoms with van der Waals surface area (Å²) in [7, 11) is 0. The van der Waals surface area contributed by atoms with E-state index in [1.807, 2.05) is 39.8 Å². The van der Waals surface area contributed by atoms with Crippen LogP contribution in [0.3, 0.4) is 0 Å². The van der Waals surface area contributed by atoms with Gasteiger partial charge in [-0.3, -0.25) is 4.98 Å². The van der Waals surface area contributed by atoms with E-state index in [0.29, 0.717) is 25.3 Å². The van der Waals surface area contributed by atoms with Crippen LogP contribution >= 0.6 is 0 Å². The molecule has 1 aliphatic heterocycles. The number of aromatic nitrogens is 1. The fourth-order valence-corrected chi connectivity index (χ4v) is 2.85. The third-order valence-corrected chi connectivity index (χ3v) is 4.46. The second-order valence-electron chi connectivity index (χ2n) is 8.15. The summed E-state index contributed by atoms with van der Waals surface area (Å²) in [5.74, 6) is 0.669. The van der Waals surface area contributed by atoms with Crippen molar-refractivity contribution in [2.75, 3.05) is 19.8 Å². The number of amides is 1. The van der Waals surface area contributed by atoms with Crippen molar-refractivity contribution in [3.63, 3.8) is 0 Å². The number of carbonyl (C=O) groups excluding carboxylic acids is 1. The topological polar surface area (TPSA) is 71.9 Å². The van der Waals surface area contributed by atoms with Crippen molar-refractivity contribution in [1.29, 1.82) is 0 Å². The van der Waals surface area contributed by atoms with Crippen molar-refractivity contribution in [2.45, 2.75) is 58.6 Å². The molecule has 0 aromatic carbocycles. The summed E-state index contributed by atoms with van der Waals surface area (Å²) in [4.78, 5) is 18.2. The van der Waals surface area contributed by atoms with Gasteiger partial charge < -0.3 is 19.5 Å². The van der Waals surface area contributed by atoms with Crippen LogP contribution in [0.25, 0.3) is 5.57 Å². The highest BCUT2D eigenvalue weighted by Gasteiger charge is 2.35. The molecule has 1 aliphatic rings. The highest BCUT2D eigenvalue weighted by molar-refractivity contribution is 5.69. The maximum atomic E-state index is 12.2. The first kappa shape index (κ1) is 22.0. The van der Waals surface area contributed by atoms with Gasteiger partial charge in [-0.1, -0.05) is 18.2 Å². The summed E-state index contributed by atoms with van der Waals surface area (Å²) >= 11 is 0. The SMILES string of the molecule is C=C(/C=C(\C)c1cncc(OCC2CCN2C(=O)OC(C)(C)C)c1)CCCO. The predicted octanol–water partition coefficient (Wildman–Crippen LogP) is 4.20. The van der Waals surface area contributed by atoms with Gasteiger partial charge in [-0.15, -0.1) is 0 Å². The maximum absolute atomic E-state index is 12.2. The number of aliphatic hydroxyl groups is 1. The van der Waals surface area contributed by atoms with E-state index in [2.05, 4.69) is 11.6 Å². The normalized spacial score (nSPS) is 17.1. The van der Waals surface area contributed by atoms with E-state index in [-0.39, 0.29) is 18.7 Å². The first-order valence-electron chi connectivity index (χ1n) is 9.74. The highest BCUT2D eigenvalue weighted by atomic mass is 16.6. The van der Waals surface area contributed by atoms with Gasteiger partial charge in [0, 0.05) is 19.3 Å². The third-order valence-electron chi connectivity index (χ3n) is 4.46. The van der Waals surface area contributed by atoms with E-state index >= 15 is 0 Å². The largest absolute Gasteiger partial charge is 0.490 e.